The van der Waals surface area contributed by atoms with Gasteiger partial charge < -0.3 is 4.74 Å². The molecule has 1 heterocycles. The number of ether oxygens (including phenoxy) is 1. The summed E-state index contributed by atoms with van der Waals surface area (Å²) >= 11 is 0. The molecule has 104 valence electrons. The average Bonchev–Trinajstić information content (AvgIpc) is 2.88. The van der Waals surface area contributed by atoms with Crippen LogP contribution in [-0.2, 0) is 12.0 Å². The largest absolute Gasteiger partial charge is 0.490 e. The molecule has 6 nitrogen and oxygen atoms in total. The highest BCUT2D eigenvalue weighted by molar-refractivity contribution is 5.42. The summed E-state index contributed by atoms with van der Waals surface area (Å²) in [4.78, 5) is 0. The first kappa shape index (κ1) is 14.0. The number of hydrogen-bond acceptors (Lipinski definition) is 5. The molecule has 6 heteroatoms. The molecular formula is C14H17N5O. The second kappa shape index (κ2) is 5.70. The van der Waals surface area contributed by atoms with E-state index in [9.17, 15) is 0 Å². The third-order valence-corrected chi connectivity index (χ3v) is 2.77. The summed E-state index contributed by atoms with van der Waals surface area (Å²) in [5.41, 5.74) is 0.411. The summed E-state index contributed by atoms with van der Waals surface area (Å²) < 4.78 is 7.36. The van der Waals surface area contributed by atoms with E-state index >= 15 is 0 Å². The predicted octanol–water partition coefficient (Wildman–Crippen LogP) is 1.92. The van der Waals surface area contributed by atoms with Crippen LogP contribution in [0.5, 0.6) is 5.75 Å². The van der Waals surface area contributed by atoms with Gasteiger partial charge in [-0.3, -0.25) is 0 Å². The van der Waals surface area contributed by atoms with Gasteiger partial charge in [-0.2, -0.15) is 5.26 Å². The van der Waals surface area contributed by atoms with Crippen LogP contribution in [0.1, 0.15) is 32.2 Å². The summed E-state index contributed by atoms with van der Waals surface area (Å²) in [6, 6.07) is 9.26. The van der Waals surface area contributed by atoms with E-state index in [1.807, 2.05) is 12.1 Å². The van der Waals surface area contributed by atoms with E-state index in [1.165, 1.54) is 0 Å². The maximum atomic E-state index is 8.98. The minimum atomic E-state index is -0.117. The summed E-state index contributed by atoms with van der Waals surface area (Å²) in [5, 5.41) is 20.7. The lowest BCUT2D eigenvalue weighted by Crippen LogP contribution is -2.22. The second-order valence-electron chi connectivity index (χ2n) is 5.43. The van der Waals surface area contributed by atoms with Gasteiger partial charge in [0.05, 0.1) is 12.1 Å². The van der Waals surface area contributed by atoms with Crippen molar-refractivity contribution in [3.8, 4) is 11.8 Å². The summed E-state index contributed by atoms with van der Waals surface area (Å²) in [5.74, 6) is 1.40. The van der Waals surface area contributed by atoms with E-state index in [4.69, 9.17) is 10.00 Å². The first-order valence-corrected chi connectivity index (χ1v) is 6.41. The van der Waals surface area contributed by atoms with Gasteiger partial charge in [0.15, 0.2) is 5.82 Å². The SMILES string of the molecule is CC(C)(C)c1nnnn1CCOc1ccccc1C#N. The quantitative estimate of drug-likeness (QED) is 0.849. The van der Waals surface area contributed by atoms with Crippen molar-refractivity contribution in [1.82, 2.24) is 20.2 Å². The van der Waals surface area contributed by atoms with E-state index in [0.29, 0.717) is 24.5 Å². The Balaban J connectivity index is 2.01. The molecule has 20 heavy (non-hydrogen) atoms. The van der Waals surface area contributed by atoms with E-state index < -0.39 is 0 Å². The van der Waals surface area contributed by atoms with Crippen LogP contribution in [0.15, 0.2) is 24.3 Å². The van der Waals surface area contributed by atoms with Gasteiger partial charge in [0, 0.05) is 5.41 Å². The Bertz CT molecular complexity index is 621. The molecule has 0 amide bonds. The molecule has 0 aliphatic heterocycles. The zero-order valence-electron chi connectivity index (χ0n) is 11.9. The van der Waals surface area contributed by atoms with Crippen LogP contribution in [0, 0.1) is 11.3 Å². The molecule has 0 aliphatic carbocycles. The summed E-state index contributed by atoms with van der Waals surface area (Å²) in [7, 11) is 0. The highest BCUT2D eigenvalue weighted by Crippen LogP contribution is 2.19. The molecule has 1 aromatic carbocycles. The Morgan fingerprint density at radius 2 is 2.05 bits per heavy atom. The van der Waals surface area contributed by atoms with Gasteiger partial charge in [-0.05, 0) is 22.6 Å². The van der Waals surface area contributed by atoms with Crippen molar-refractivity contribution in [2.24, 2.45) is 0 Å². The molecule has 0 radical (unpaired) electrons. The molecule has 0 fully saturated rings. The van der Waals surface area contributed by atoms with Crippen LogP contribution in [0.2, 0.25) is 0 Å². The third kappa shape index (κ3) is 3.12. The van der Waals surface area contributed by atoms with Crippen molar-refractivity contribution in [2.75, 3.05) is 6.61 Å². The van der Waals surface area contributed by atoms with Crippen molar-refractivity contribution in [2.45, 2.75) is 32.7 Å². The Kier molecular flexibility index (Phi) is 3.99. The van der Waals surface area contributed by atoms with Crippen molar-refractivity contribution in [1.29, 1.82) is 5.26 Å². The lowest BCUT2D eigenvalue weighted by molar-refractivity contribution is 0.282. The predicted molar refractivity (Wildman–Crippen MR) is 73.2 cm³/mol. The Labute approximate surface area is 118 Å². The van der Waals surface area contributed by atoms with Gasteiger partial charge in [0.25, 0.3) is 0 Å². The summed E-state index contributed by atoms with van der Waals surface area (Å²) in [6.45, 7) is 7.12. The molecule has 0 bridgehead atoms. The molecule has 0 aliphatic rings. The number of benzene rings is 1. The maximum Gasteiger partial charge on any atom is 0.156 e. The number of nitriles is 1. The molecule has 0 saturated carbocycles. The topological polar surface area (TPSA) is 76.6 Å². The van der Waals surface area contributed by atoms with Crippen molar-refractivity contribution in [3.05, 3.63) is 35.7 Å². The van der Waals surface area contributed by atoms with Gasteiger partial charge in [-0.1, -0.05) is 32.9 Å². The number of rotatable bonds is 4. The van der Waals surface area contributed by atoms with E-state index in [1.54, 1.807) is 16.8 Å². The maximum absolute atomic E-state index is 8.98. The first-order chi connectivity index (χ1) is 9.52. The Hall–Kier alpha value is -2.42. The van der Waals surface area contributed by atoms with E-state index in [0.717, 1.165) is 5.82 Å². The number of aromatic nitrogens is 4. The molecule has 0 atom stereocenters. The molecular weight excluding hydrogens is 254 g/mol. The van der Waals surface area contributed by atoms with Gasteiger partial charge >= 0.3 is 0 Å². The fourth-order valence-corrected chi connectivity index (χ4v) is 1.82. The standard InChI is InChI=1S/C14H17N5O/c1-14(2,3)13-16-17-18-19(13)8-9-20-12-7-5-4-6-11(12)10-15/h4-7H,8-9H2,1-3H3. The van der Waals surface area contributed by atoms with Crippen molar-refractivity contribution >= 4 is 0 Å². The molecule has 0 N–H and O–H groups in total. The molecule has 2 aromatic rings. The summed E-state index contributed by atoms with van der Waals surface area (Å²) in [6.07, 6.45) is 0. The second-order valence-corrected chi connectivity index (χ2v) is 5.43. The number of tetrazole rings is 1. The van der Waals surface area contributed by atoms with Crippen LogP contribution in [-0.4, -0.2) is 26.8 Å². The zero-order chi connectivity index (χ0) is 14.6. The highest BCUT2D eigenvalue weighted by atomic mass is 16.5. The molecule has 0 saturated heterocycles. The number of hydrogen-bond donors (Lipinski definition) is 0. The smallest absolute Gasteiger partial charge is 0.156 e. The van der Waals surface area contributed by atoms with Gasteiger partial charge in [0.2, 0.25) is 0 Å². The highest BCUT2D eigenvalue weighted by Gasteiger charge is 2.21. The third-order valence-electron chi connectivity index (χ3n) is 2.77. The van der Waals surface area contributed by atoms with Gasteiger partial charge in [-0.25, -0.2) is 4.68 Å². The lowest BCUT2D eigenvalue weighted by atomic mass is 9.96. The first-order valence-electron chi connectivity index (χ1n) is 6.41. The molecule has 0 spiro atoms. The van der Waals surface area contributed by atoms with Crippen LogP contribution >= 0.6 is 0 Å². The van der Waals surface area contributed by atoms with E-state index in [-0.39, 0.29) is 5.41 Å². The lowest BCUT2D eigenvalue weighted by Gasteiger charge is -2.17. The van der Waals surface area contributed by atoms with Crippen molar-refractivity contribution in [3.63, 3.8) is 0 Å². The number of nitrogens with zero attached hydrogens (tertiary/aromatic N) is 5. The van der Waals surface area contributed by atoms with Gasteiger partial charge in [-0.15, -0.1) is 5.10 Å². The number of para-hydroxylation sites is 1. The monoisotopic (exact) mass is 271 g/mol. The van der Waals surface area contributed by atoms with Gasteiger partial charge in [0.1, 0.15) is 18.4 Å². The molecule has 2 rings (SSSR count). The fourth-order valence-electron chi connectivity index (χ4n) is 1.82. The Morgan fingerprint density at radius 3 is 2.75 bits per heavy atom. The van der Waals surface area contributed by atoms with Crippen LogP contribution in [0.4, 0.5) is 0 Å². The minimum absolute atomic E-state index is 0.117. The van der Waals surface area contributed by atoms with Crippen molar-refractivity contribution < 1.29 is 4.74 Å². The fraction of sp³-hybridized carbons (Fsp3) is 0.429. The molecule has 1 aromatic heterocycles. The zero-order valence-corrected chi connectivity index (χ0v) is 11.9. The normalized spacial score (nSPS) is 11.1. The van der Waals surface area contributed by atoms with Crippen LogP contribution in [0.3, 0.4) is 0 Å². The van der Waals surface area contributed by atoms with E-state index in [2.05, 4.69) is 42.4 Å². The Morgan fingerprint density at radius 1 is 1.30 bits per heavy atom. The average molecular weight is 271 g/mol. The minimum Gasteiger partial charge on any atom is -0.490 e. The van der Waals surface area contributed by atoms with Crippen LogP contribution in [0.25, 0.3) is 0 Å². The van der Waals surface area contributed by atoms with Crippen LogP contribution < -0.4 is 4.74 Å². The molecule has 0 unspecified atom stereocenters.